The number of rotatable bonds is 6. The minimum absolute atomic E-state index is 0.348. The first-order valence-corrected chi connectivity index (χ1v) is 8.02. The number of ether oxygens (including phenoxy) is 1. The van der Waals surface area contributed by atoms with Crippen LogP contribution in [0.15, 0.2) is 47.5 Å². The number of nitrogens with zero attached hydrogens (tertiary/aromatic N) is 2. The number of hydrogen-bond donors (Lipinski definition) is 1. The lowest BCUT2D eigenvalue weighted by atomic mass is 10.1. The van der Waals surface area contributed by atoms with E-state index in [4.69, 9.17) is 4.74 Å². The average molecular weight is 347 g/mol. The Labute approximate surface area is 147 Å². The van der Waals surface area contributed by atoms with Gasteiger partial charge >= 0.3 is 0 Å². The Morgan fingerprint density at radius 1 is 1.16 bits per heavy atom. The van der Waals surface area contributed by atoms with Crippen LogP contribution in [0.4, 0.5) is 8.78 Å². The lowest BCUT2D eigenvalue weighted by Gasteiger charge is -2.22. The molecule has 0 aliphatic rings. The Bertz CT molecular complexity index is 717. The Morgan fingerprint density at radius 2 is 1.88 bits per heavy atom. The summed E-state index contributed by atoms with van der Waals surface area (Å²) in [7, 11) is 5.24. The van der Waals surface area contributed by atoms with E-state index in [1.807, 2.05) is 36.2 Å². The van der Waals surface area contributed by atoms with Crippen molar-refractivity contribution in [3.8, 4) is 5.75 Å². The lowest BCUT2D eigenvalue weighted by Crippen LogP contribution is -2.39. The largest absolute Gasteiger partial charge is 0.497 e. The Morgan fingerprint density at radius 3 is 2.52 bits per heavy atom. The summed E-state index contributed by atoms with van der Waals surface area (Å²) in [6.07, 6.45) is 0.374. The van der Waals surface area contributed by atoms with Gasteiger partial charge in [-0.1, -0.05) is 24.3 Å². The summed E-state index contributed by atoms with van der Waals surface area (Å²) in [5.74, 6) is -0.108. The predicted molar refractivity (Wildman–Crippen MR) is 95.9 cm³/mol. The number of methoxy groups -OCH3 is 1. The van der Waals surface area contributed by atoms with Crippen molar-refractivity contribution < 1.29 is 13.5 Å². The third-order valence-electron chi connectivity index (χ3n) is 3.86. The van der Waals surface area contributed by atoms with Crippen molar-refractivity contribution in [1.82, 2.24) is 10.2 Å². The fourth-order valence-corrected chi connectivity index (χ4v) is 2.51. The third kappa shape index (κ3) is 5.17. The van der Waals surface area contributed by atoms with Gasteiger partial charge in [-0.05, 0) is 35.7 Å². The molecule has 6 heteroatoms. The quantitative estimate of drug-likeness (QED) is 0.644. The number of guanidine groups is 1. The summed E-state index contributed by atoms with van der Waals surface area (Å²) >= 11 is 0. The van der Waals surface area contributed by atoms with Gasteiger partial charge in [0, 0.05) is 27.2 Å². The molecular formula is C19H23F2N3O. The van der Waals surface area contributed by atoms with E-state index >= 15 is 0 Å². The molecule has 0 atom stereocenters. The molecule has 0 aromatic heterocycles. The van der Waals surface area contributed by atoms with Crippen LogP contribution in [-0.4, -0.2) is 38.6 Å². The zero-order chi connectivity index (χ0) is 18.2. The maximum Gasteiger partial charge on any atom is 0.193 e. The standard InChI is InChI=1S/C19H23F2N3O/c1-22-19(23-12-11-15-5-4-6-17(20)18(15)21)24(2)13-14-7-9-16(25-3)10-8-14/h4-10H,11-13H2,1-3H3,(H,22,23). The van der Waals surface area contributed by atoms with E-state index in [0.717, 1.165) is 17.4 Å². The lowest BCUT2D eigenvalue weighted by molar-refractivity contribution is 0.414. The van der Waals surface area contributed by atoms with Crippen molar-refractivity contribution >= 4 is 5.96 Å². The van der Waals surface area contributed by atoms with Crippen LogP contribution in [0.2, 0.25) is 0 Å². The predicted octanol–water partition coefficient (Wildman–Crippen LogP) is 3.22. The number of hydrogen-bond acceptors (Lipinski definition) is 2. The minimum atomic E-state index is -0.821. The van der Waals surface area contributed by atoms with Gasteiger partial charge < -0.3 is 15.0 Å². The van der Waals surface area contributed by atoms with Crippen molar-refractivity contribution in [2.45, 2.75) is 13.0 Å². The normalized spacial score (nSPS) is 11.3. The molecule has 0 aliphatic heterocycles. The summed E-state index contributed by atoms with van der Waals surface area (Å²) in [5.41, 5.74) is 1.46. The van der Waals surface area contributed by atoms with Crippen LogP contribution < -0.4 is 10.1 Å². The highest BCUT2D eigenvalue weighted by molar-refractivity contribution is 5.79. The molecule has 0 heterocycles. The molecule has 0 aliphatic carbocycles. The summed E-state index contributed by atoms with van der Waals surface area (Å²) < 4.78 is 32.0. The second-order valence-corrected chi connectivity index (χ2v) is 5.64. The van der Waals surface area contributed by atoms with Crippen molar-refractivity contribution in [2.24, 2.45) is 4.99 Å². The van der Waals surface area contributed by atoms with E-state index < -0.39 is 11.6 Å². The number of halogens is 2. The zero-order valence-corrected chi connectivity index (χ0v) is 14.7. The third-order valence-corrected chi connectivity index (χ3v) is 3.86. The molecule has 25 heavy (non-hydrogen) atoms. The maximum absolute atomic E-state index is 13.7. The molecular weight excluding hydrogens is 324 g/mol. The first kappa shape index (κ1) is 18.7. The van der Waals surface area contributed by atoms with Gasteiger partial charge in [-0.2, -0.15) is 0 Å². The molecule has 0 saturated carbocycles. The van der Waals surface area contributed by atoms with Crippen LogP contribution in [0.25, 0.3) is 0 Å². The molecule has 2 aromatic rings. The van der Waals surface area contributed by atoms with E-state index in [1.54, 1.807) is 20.2 Å². The minimum Gasteiger partial charge on any atom is -0.497 e. The zero-order valence-electron chi connectivity index (χ0n) is 14.7. The van der Waals surface area contributed by atoms with Crippen LogP contribution in [0.1, 0.15) is 11.1 Å². The molecule has 0 bridgehead atoms. The molecule has 134 valence electrons. The highest BCUT2D eigenvalue weighted by Gasteiger charge is 2.09. The first-order valence-electron chi connectivity index (χ1n) is 8.02. The maximum atomic E-state index is 13.7. The van der Waals surface area contributed by atoms with Crippen molar-refractivity contribution in [3.05, 3.63) is 65.2 Å². The smallest absolute Gasteiger partial charge is 0.193 e. The van der Waals surface area contributed by atoms with Crippen molar-refractivity contribution in [1.29, 1.82) is 0 Å². The van der Waals surface area contributed by atoms with Gasteiger partial charge in [0.05, 0.1) is 7.11 Å². The molecule has 0 fully saturated rings. The van der Waals surface area contributed by atoms with Crippen LogP contribution in [0.5, 0.6) is 5.75 Å². The Kier molecular flexibility index (Phi) is 6.74. The molecule has 4 nitrogen and oxygen atoms in total. The average Bonchev–Trinajstić information content (AvgIpc) is 2.62. The second-order valence-electron chi connectivity index (χ2n) is 5.64. The van der Waals surface area contributed by atoms with Crippen LogP contribution in [0, 0.1) is 11.6 Å². The molecule has 2 aromatic carbocycles. The Hall–Kier alpha value is -2.63. The van der Waals surface area contributed by atoms with Gasteiger partial charge in [0.25, 0.3) is 0 Å². The second kappa shape index (κ2) is 9.01. The fraction of sp³-hybridized carbons (Fsp3) is 0.316. The molecule has 0 unspecified atom stereocenters. The van der Waals surface area contributed by atoms with Gasteiger partial charge in [-0.25, -0.2) is 8.78 Å². The van der Waals surface area contributed by atoms with Gasteiger partial charge in [-0.15, -0.1) is 0 Å². The van der Waals surface area contributed by atoms with E-state index in [0.29, 0.717) is 31.0 Å². The molecule has 1 N–H and O–H groups in total. The van der Waals surface area contributed by atoms with E-state index in [-0.39, 0.29) is 0 Å². The number of nitrogens with one attached hydrogen (secondary N) is 1. The van der Waals surface area contributed by atoms with Crippen LogP contribution in [-0.2, 0) is 13.0 Å². The van der Waals surface area contributed by atoms with E-state index in [9.17, 15) is 8.78 Å². The van der Waals surface area contributed by atoms with E-state index in [1.165, 1.54) is 6.07 Å². The van der Waals surface area contributed by atoms with Crippen LogP contribution in [0.3, 0.4) is 0 Å². The molecule has 0 amide bonds. The van der Waals surface area contributed by atoms with Gasteiger partial charge in [0.2, 0.25) is 0 Å². The Balaban J connectivity index is 1.89. The first-order chi connectivity index (χ1) is 12.0. The monoisotopic (exact) mass is 347 g/mol. The fourth-order valence-electron chi connectivity index (χ4n) is 2.51. The SMILES string of the molecule is CN=C(NCCc1cccc(F)c1F)N(C)Cc1ccc(OC)cc1. The van der Waals surface area contributed by atoms with Gasteiger partial charge in [0.1, 0.15) is 5.75 Å². The van der Waals surface area contributed by atoms with Gasteiger partial charge in [0.15, 0.2) is 17.6 Å². The highest BCUT2D eigenvalue weighted by atomic mass is 19.2. The molecule has 0 spiro atoms. The van der Waals surface area contributed by atoms with Crippen molar-refractivity contribution in [3.63, 3.8) is 0 Å². The van der Waals surface area contributed by atoms with Crippen LogP contribution >= 0.6 is 0 Å². The molecule has 2 rings (SSSR count). The molecule has 0 radical (unpaired) electrons. The summed E-state index contributed by atoms with van der Waals surface area (Å²) in [6.45, 7) is 1.12. The van der Waals surface area contributed by atoms with E-state index in [2.05, 4.69) is 10.3 Å². The summed E-state index contributed by atoms with van der Waals surface area (Å²) in [4.78, 5) is 6.19. The molecule has 0 saturated heterocycles. The van der Waals surface area contributed by atoms with Crippen molar-refractivity contribution in [2.75, 3.05) is 27.7 Å². The number of benzene rings is 2. The van der Waals surface area contributed by atoms with Gasteiger partial charge in [-0.3, -0.25) is 4.99 Å². The number of aliphatic imine (C=N–C) groups is 1. The topological polar surface area (TPSA) is 36.9 Å². The summed E-state index contributed by atoms with van der Waals surface area (Å²) in [6, 6.07) is 12.0. The highest BCUT2D eigenvalue weighted by Crippen LogP contribution is 2.13. The summed E-state index contributed by atoms with van der Waals surface area (Å²) in [5, 5.41) is 3.17.